The summed E-state index contributed by atoms with van der Waals surface area (Å²) >= 11 is 0. The van der Waals surface area contributed by atoms with Gasteiger partial charge in [-0.25, -0.2) is 0 Å². The fraction of sp³-hybridized carbons (Fsp3) is 0.455. The maximum absolute atomic E-state index is 10.8. The lowest BCUT2D eigenvalue weighted by Gasteiger charge is -2.44. The van der Waals surface area contributed by atoms with E-state index in [9.17, 15) is 5.11 Å². The van der Waals surface area contributed by atoms with Gasteiger partial charge in [-0.2, -0.15) is 0 Å². The maximum Gasteiger partial charge on any atom is 0.115 e. The molecule has 2 unspecified atom stereocenters. The number of aliphatic hydroxyl groups is 1. The molecular formula is C22H26O5. The van der Waals surface area contributed by atoms with Crippen molar-refractivity contribution in [2.24, 2.45) is 0 Å². The molecule has 5 nitrogen and oxygen atoms in total. The minimum Gasteiger partial charge on any atom is -0.387 e. The summed E-state index contributed by atoms with van der Waals surface area (Å²) in [5, 5.41) is 10.8. The second kappa shape index (κ2) is 8.50. The van der Waals surface area contributed by atoms with Crippen LogP contribution in [0.2, 0.25) is 0 Å². The Labute approximate surface area is 159 Å². The van der Waals surface area contributed by atoms with Gasteiger partial charge in [0.1, 0.15) is 24.4 Å². The summed E-state index contributed by atoms with van der Waals surface area (Å²) in [4.78, 5) is 0. The topological polar surface area (TPSA) is 57.2 Å². The summed E-state index contributed by atoms with van der Waals surface area (Å²) < 4.78 is 24.2. The van der Waals surface area contributed by atoms with Crippen LogP contribution < -0.4 is 0 Å². The third-order valence-electron chi connectivity index (χ3n) is 5.27. The zero-order valence-electron chi connectivity index (χ0n) is 15.5. The molecule has 5 heteroatoms. The number of hydrogen-bond acceptors (Lipinski definition) is 5. The highest BCUT2D eigenvalue weighted by atomic mass is 16.6. The molecule has 5 atom stereocenters. The molecular weight excluding hydrogens is 344 g/mol. The molecule has 0 spiro atoms. The zero-order chi connectivity index (χ0) is 18.6. The van der Waals surface area contributed by atoms with Gasteiger partial charge in [0.05, 0.1) is 32.5 Å². The Balaban J connectivity index is 1.53. The Morgan fingerprint density at radius 1 is 1.00 bits per heavy atom. The van der Waals surface area contributed by atoms with Crippen molar-refractivity contribution < 1.29 is 24.1 Å². The predicted molar refractivity (Wildman–Crippen MR) is 100 cm³/mol. The zero-order valence-corrected chi connectivity index (χ0v) is 15.5. The van der Waals surface area contributed by atoms with Crippen molar-refractivity contribution in [1.82, 2.24) is 0 Å². The summed E-state index contributed by atoms with van der Waals surface area (Å²) in [5.74, 6) is 0. The first kappa shape index (κ1) is 18.6. The molecule has 0 radical (unpaired) electrons. The van der Waals surface area contributed by atoms with E-state index in [0.717, 1.165) is 16.7 Å². The maximum atomic E-state index is 10.8. The second-order valence-electron chi connectivity index (χ2n) is 7.19. The average Bonchev–Trinajstić information content (AvgIpc) is 2.69. The van der Waals surface area contributed by atoms with Gasteiger partial charge in [-0.3, -0.25) is 0 Å². The van der Waals surface area contributed by atoms with E-state index in [1.54, 1.807) is 0 Å². The Hall–Kier alpha value is -1.76. The predicted octanol–water partition coefficient (Wildman–Crippen LogP) is 2.84. The number of ether oxygens (including phenoxy) is 4. The molecule has 2 aliphatic heterocycles. The highest BCUT2D eigenvalue weighted by Gasteiger charge is 2.45. The molecule has 2 bridgehead atoms. The molecule has 2 heterocycles. The van der Waals surface area contributed by atoms with Crippen LogP contribution in [0, 0.1) is 0 Å². The number of rotatable bonds is 3. The van der Waals surface area contributed by atoms with Crippen LogP contribution in [-0.4, -0.2) is 42.2 Å². The van der Waals surface area contributed by atoms with E-state index in [1.807, 2.05) is 61.5 Å². The summed E-state index contributed by atoms with van der Waals surface area (Å²) in [5.41, 5.74) is 3.25. The number of aliphatic hydroxyl groups excluding tert-OH is 1. The van der Waals surface area contributed by atoms with Crippen molar-refractivity contribution >= 4 is 0 Å². The van der Waals surface area contributed by atoms with E-state index >= 15 is 0 Å². The van der Waals surface area contributed by atoms with Crippen LogP contribution in [0.15, 0.2) is 54.6 Å². The van der Waals surface area contributed by atoms with Gasteiger partial charge in [0.25, 0.3) is 0 Å². The fourth-order valence-corrected chi connectivity index (χ4v) is 3.75. The molecule has 2 aromatic rings. The van der Waals surface area contributed by atoms with E-state index in [0.29, 0.717) is 26.4 Å². The van der Waals surface area contributed by atoms with Gasteiger partial charge >= 0.3 is 0 Å². The number of hydrogen-bond donors (Lipinski definition) is 1. The van der Waals surface area contributed by atoms with Crippen LogP contribution in [0.1, 0.15) is 23.6 Å². The van der Waals surface area contributed by atoms with Crippen LogP contribution in [0.4, 0.5) is 0 Å². The number of benzene rings is 2. The first-order chi connectivity index (χ1) is 13.2. The van der Waals surface area contributed by atoms with E-state index in [1.165, 1.54) is 0 Å². The van der Waals surface area contributed by atoms with Gasteiger partial charge < -0.3 is 24.1 Å². The van der Waals surface area contributed by atoms with E-state index in [-0.39, 0.29) is 12.2 Å². The van der Waals surface area contributed by atoms with Crippen molar-refractivity contribution in [3.63, 3.8) is 0 Å². The monoisotopic (exact) mass is 370 g/mol. The smallest absolute Gasteiger partial charge is 0.115 e. The van der Waals surface area contributed by atoms with E-state index in [4.69, 9.17) is 18.9 Å². The Morgan fingerprint density at radius 2 is 1.70 bits per heavy atom. The summed E-state index contributed by atoms with van der Waals surface area (Å²) in [6.07, 6.45) is -2.26. The largest absolute Gasteiger partial charge is 0.387 e. The molecule has 0 saturated carbocycles. The average molecular weight is 370 g/mol. The van der Waals surface area contributed by atoms with E-state index in [2.05, 4.69) is 0 Å². The minimum absolute atomic E-state index is 0.203. The summed E-state index contributed by atoms with van der Waals surface area (Å²) in [6.45, 7) is 3.63. The minimum atomic E-state index is -0.799. The lowest BCUT2D eigenvalue weighted by atomic mass is 9.95. The van der Waals surface area contributed by atoms with Crippen molar-refractivity contribution in [2.75, 3.05) is 6.61 Å². The normalized spacial score (nSPS) is 31.1. The SMILES string of the molecule is C[C@@H]1OC2COCc3ccccc3CO[C@@H](C1OCc1ccccc1)[C@H]2O. The summed E-state index contributed by atoms with van der Waals surface area (Å²) in [7, 11) is 0. The highest BCUT2D eigenvalue weighted by Crippen LogP contribution is 2.29. The molecule has 27 heavy (non-hydrogen) atoms. The van der Waals surface area contributed by atoms with Gasteiger partial charge in [-0.1, -0.05) is 54.6 Å². The third kappa shape index (κ3) is 4.23. The van der Waals surface area contributed by atoms with Crippen molar-refractivity contribution in [3.05, 3.63) is 71.3 Å². The molecule has 1 fully saturated rings. The molecule has 2 aliphatic rings. The first-order valence-corrected chi connectivity index (χ1v) is 9.47. The first-order valence-electron chi connectivity index (χ1n) is 9.47. The standard InChI is InChI=1S/C22H26O5/c1-15-21(25-11-16-7-3-2-4-8-16)22-20(23)19(27-15)14-24-12-17-9-5-6-10-18(17)13-26-22/h2-10,15,19-23H,11-14H2,1H3/t15-,19?,20-,21?,22+/m0/s1. The van der Waals surface area contributed by atoms with Crippen molar-refractivity contribution in [3.8, 4) is 0 Å². The third-order valence-corrected chi connectivity index (χ3v) is 5.27. The van der Waals surface area contributed by atoms with Gasteiger partial charge in [0.15, 0.2) is 0 Å². The Morgan fingerprint density at radius 3 is 2.48 bits per heavy atom. The van der Waals surface area contributed by atoms with Crippen molar-refractivity contribution in [1.29, 1.82) is 0 Å². The lowest BCUT2D eigenvalue weighted by Crippen LogP contribution is -2.59. The van der Waals surface area contributed by atoms with Crippen LogP contribution >= 0.6 is 0 Å². The summed E-state index contributed by atoms with van der Waals surface area (Å²) in [6, 6.07) is 18.0. The lowest BCUT2D eigenvalue weighted by molar-refractivity contribution is -0.257. The molecule has 144 valence electrons. The number of fused-ring (bicyclic) bond motifs is 3. The van der Waals surface area contributed by atoms with Crippen molar-refractivity contribution in [2.45, 2.75) is 57.3 Å². The van der Waals surface area contributed by atoms with Gasteiger partial charge in [-0.15, -0.1) is 0 Å². The van der Waals surface area contributed by atoms with Crippen LogP contribution in [-0.2, 0) is 38.8 Å². The Bertz CT molecular complexity index is 734. The van der Waals surface area contributed by atoms with Crippen LogP contribution in [0.3, 0.4) is 0 Å². The Kier molecular flexibility index (Phi) is 5.86. The molecule has 0 aliphatic carbocycles. The highest BCUT2D eigenvalue weighted by molar-refractivity contribution is 5.26. The second-order valence-corrected chi connectivity index (χ2v) is 7.19. The fourth-order valence-electron chi connectivity index (χ4n) is 3.75. The molecule has 4 rings (SSSR count). The van der Waals surface area contributed by atoms with Gasteiger partial charge in [0.2, 0.25) is 0 Å². The molecule has 1 N–H and O–H groups in total. The molecule has 1 saturated heterocycles. The quantitative estimate of drug-likeness (QED) is 0.900. The van der Waals surface area contributed by atoms with Gasteiger partial charge in [-0.05, 0) is 23.6 Å². The van der Waals surface area contributed by atoms with Crippen LogP contribution in [0.25, 0.3) is 0 Å². The molecule has 0 amide bonds. The molecule has 0 aromatic heterocycles. The van der Waals surface area contributed by atoms with Crippen LogP contribution in [0.5, 0.6) is 0 Å². The molecule has 2 aromatic carbocycles. The van der Waals surface area contributed by atoms with Gasteiger partial charge in [0, 0.05) is 0 Å². The van der Waals surface area contributed by atoms with E-state index < -0.39 is 18.3 Å².